The molecule has 0 saturated carbocycles. The van der Waals surface area contributed by atoms with E-state index in [0.29, 0.717) is 6.42 Å². The van der Waals surface area contributed by atoms with Crippen molar-refractivity contribution in [3.8, 4) is 0 Å². The molecule has 1 N–H and O–H groups in total. The van der Waals surface area contributed by atoms with Crippen molar-refractivity contribution < 1.29 is 9.59 Å². The lowest BCUT2D eigenvalue weighted by Gasteiger charge is -2.25. The number of rotatable bonds is 6. The van der Waals surface area contributed by atoms with Crippen molar-refractivity contribution in [2.75, 3.05) is 30.4 Å². The Morgan fingerprint density at radius 1 is 1.24 bits per heavy atom. The average Bonchev–Trinajstić information content (AvgIpc) is 3.37. The first kappa shape index (κ1) is 19.4. The van der Waals surface area contributed by atoms with Crippen molar-refractivity contribution in [2.45, 2.75) is 25.8 Å². The number of nitrogens with zero attached hydrogens (tertiary/aromatic N) is 3. The van der Waals surface area contributed by atoms with Gasteiger partial charge in [0.2, 0.25) is 11.8 Å². The number of para-hydroxylation sites is 3. The fraction of sp³-hybridized carbons (Fsp3) is 0.318. The normalized spacial score (nSPS) is 15.0. The van der Waals surface area contributed by atoms with Gasteiger partial charge in [-0.3, -0.25) is 9.59 Å². The fourth-order valence-corrected chi connectivity index (χ4v) is 4.57. The van der Waals surface area contributed by atoms with E-state index in [4.69, 9.17) is 0 Å². The highest BCUT2D eigenvalue weighted by Crippen LogP contribution is 2.30. The molecule has 1 saturated heterocycles. The molecule has 1 atom stereocenters. The van der Waals surface area contributed by atoms with E-state index in [1.165, 1.54) is 0 Å². The van der Waals surface area contributed by atoms with E-state index in [1.54, 1.807) is 28.2 Å². The van der Waals surface area contributed by atoms with Crippen LogP contribution in [0.1, 0.15) is 30.8 Å². The van der Waals surface area contributed by atoms with E-state index < -0.39 is 0 Å². The minimum atomic E-state index is -0.114. The smallest absolute Gasteiger partial charge is 0.242 e. The lowest BCUT2D eigenvalue weighted by Crippen LogP contribution is -2.34. The number of fused-ring (bicyclic) bond motifs is 1. The molecule has 0 radical (unpaired) electrons. The number of carbonyl (C=O) groups excluding carboxylic acids is 2. The Morgan fingerprint density at radius 3 is 2.76 bits per heavy atom. The maximum absolute atomic E-state index is 12.8. The molecule has 1 aliphatic heterocycles. The molecule has 6 nitrogen and oxygen atoms in total. The van der Waals surface area contributed by atoms with Gasteiger partial charge in [0.15, 0.2) is 0 Å². The zero-order valence-electron chi connectivity index (χ0n) is 16.6. The highest BCUT2D eigenvalue weighted by molar-refractivity contribution is 7.18. The number of carbonyl (C=O) groups is 2. The maximum Gasteiger partial charge on any atom is 0.242 e. The average molecular weight is 409 g/mol. The molecule has 150 valence electrons. The van der Waals surface area contributed by atoms with Crippen LogP contribution < -0.4 is 10.2 Å². The van der Waals surface area contributed by atoms with Crippen LogP contribution in [-0.2, 0) is 9.59 Å². The van der Waals surface area contributed by atoms with Crippen LogP contribution in [0.15, 0.2) is 48.5 Å². The first-order valence-corrected chi connectivity index (χ1v) is 10.6. The Bertz CT molecular complexity index is 1010. The molecular formula is C22H24N4O2S. The Labute approximate surface area is 174 Å². The molecule has 29 heavy (non-hydrogen) atoms. The van der Waals surface area contributed by atoms with E-state index in [-0.39, 0.29) is 24.4 Å². The number of benzene rings is 2. The second kappa shape index (κ2) is 8.21. The maximum atomic E-state index is 12.8. The van der Waals surface area contributed by atoms with Crippen LogP contribution in [0.5, 0.6) is 0 Å². The molecule has 0 aliphatic carbocycles. The van der Waals surface area contributed by atoms with E-state index in [0.717, 1.165) is 39.6 Å². The summed E-state index contributed by atoms with van der Waals surface area (Å²) in [7, 11) is 1.80. The number of thiazole rings is 1. The van der Waals surface area contributed by atoms with E-state index in [2.05, 4.69) is 10.3 Å². The van der Waals surface area contributed by atoms with Crippen LogP contribution in [0.3, 0.4) is 0 Å². The lowest BCUT2D eigenvalue weighted by molar-refractivity contribution is -0.129. The third kappa shape index (κ3) is 3.96. The fourth-order valence-electron chi connectivity index (χ4n) is 3.51. The number of likely N-dealkylation sites (N-methyl/N-ethyl adjacent to an activating group) is 1. The highest BCUT2D eigenvalue weighted by Gasteiger charge is 2.24. The van der Waals surface area contributed by atoms with Gasteiger partial charge in [-0.05, 0) is 37.6 Å². The lowest BCUT2D eigenvalue weighted by atomic mass is 10.2. The summed E-state index contributed by atoms with van der Waals surface area (Å²) in [5, 5.41) is 4.14. The van der Waals surface area contributed by atoms with Gasteiger partial charge in [-0.25, -0.2) is 4.98 Å². The van der Waals surface area contributed by atoms with Crippen LogP contribution in [0, 0.1) is 0 Å². The van der Waals surface area contributed by atoms with Gasteiger partial charge in [0.1, 0.15) is 5.01 Å². The molecule has 2 amide bonds. The predicted molar refractivity (Wildman–Crippen MR) is 117 cm³/mol. The van der Waals surface area contributed by atoms with E-state index in [1.807, 2.05) is 55.5 Å². The van der Waals surface area contributed by atoms with Gasteiger partial charge < -0.3 is 15.1 Å². The first-order chi connectivity index (χ1) is 14.0. The van der Waals surface area contributed by atoms with Crippen LogP contribution in [0.2, 0.25) is 0 Å². The first-order valence-electron chi connectivity index (χ1n) is 9.79. The van der Waals surface area contributed by atoms with Gasteiger partial charge in [-0.2, -0.15) is 0 Å². The summed E-state index contributed by atoms with van der Waals surface area (Å²) in [4.78, 5) is 33.1. The zero-order chi connectivity index (χ0) is 20.4. The molecule has 2 aromatic carbocycles. The molecule has 1 unspecified atom stereocenters. The summed E-state index contributed by atoms with van der Waals surface area (Å²) in [6.07, 6.45) is 1.45. The van der Waals surface area contributed by atoms with Crippen LogP contribution >= 0.6 is 11.3 Å². The standard InChI is InChI=1S/C22H24N4O2S/c1-15(22-24-17-9-4-6-11-19(17)29-22)25(2)21(28)14-23-16-8-3-5-10-18(16)26-13-7-12-20(26)27/h3-6,8-11,15,23H,7,12-14H2,1-2H3. The summed E-state index contributed by atoms with van der Waals surface area (Å²) in [6.45, 7) is 2.87. The second-order valence-electron chi connectivity index (χ2n) is 7.22. The number of anilines is 2. The third-order valence-electron chi connectivity index (χ3n) is 5.34. The largest absolute Gasteiger partial charge is 0.374 e. The van der Waals surface area contributed by atoms with Crippen LogP contribution in [0.4, 0.5) is 11.4 Å². The van der Waals surface area contributed by atoms with E-state index >= 15 is 0 Å². The summed E-state index contributed by atoms with van der Waals surface area (Å²) in [5.74, 6) is 0.103. The number of hydrogen-bond donors (Lipinski definition) is 1. The van der Waals surface area contributed by atoms with Gasteiger partial charge in [-0.15, -0.1) is 11.3 Å². The Kier molecular flexibility index (Phi) is 5.49. The van der Waals surface area contributed by atoms with Gasteiger partial charge in [0, 0.05) is 20.0 Å². The van der Waals surface area contributed by atoms with Crippen molar-refractivity contribution in [1.82, 2.24) is 9.88 Å². The van der Waals surface area contributed by atoms with E-state index in [9.17, 15) is 9.59 Å². The molecule has 1 aliphatic rings. The minimum absolute atomic E-state index is 0.0284. The summed E-state index contributed by atoms with van der Waals surface area (Å²) in [5.41, 5.74) is 2.60. The summed E-state index contributed by atoms with van der Waals surface area (Å²) in [6, 6.07) is 15.5. The molecule has 4 rings (SSSR count). The van der Waals surface area contributed by atoms with Crippen molar-refractivity contribution in [2.24, 2.45) is 0 Å². The number of nitrogens with one attached hydrogen (secondary N) is 1. The Hall–Kier alpha value is -2.93. The molecular weight excluding hydrogens is 384 g/mol. The SMILES string of the molecule is CC(c1nc2ccccc2s1)N(C)C(=O)CNc1ccccc1N1CCCC1=O. The number of amides is 2. The van der Waals surface area contributed by atoms with Gasteiger partial charge in [0.25, 0.3) is 0 Å². The molecule has 0 spiro atoms. The highest BCUT2D eigenvalue weighted by atomic mass is 32.1. The zero-order valence-corrected chi connectivity index (χ0v) is 17.4. The van der Waals surface area contributed by atoms with Gasteiger partial charge in [0.05, 0.1) is 34.2 Å². The molecule has 2 heterocycles. The molecule has 7 heteroatoms. The van der Waals surface area contributed by atoms with Crippen molar-refractivity contribution in [3.63, 3.8) is 0 Å². The Balaban J connectivity index is 1.44. The Morgan fingerprint density at radius 2 is 2.00 bits per heavy atom. The van der Waals surface area contributed by atoms with Crippen molar-refractivity contribution >= 4 is 44.7 Å². The molecule has 1 aromatic heterocycles. The van der Waals surface area contributed by atoms with Crippen LogP contribution in [0.25, 0.3) is 10.2 Å². The minimum Gasteiger partial charge on any atom is -0.374 e. The van der Waals surface area contributed by atoms with Gasteiger partial charge >= 0.3 is 0 Å². The number of aromatic nitrogens is 1. The second-order valence-corrected chi connectivity index (χ2v) is 8.28. The van der Waals surface area contributed by atoms with Gasteiger partial charge in [-0.1, -0.05) is 24.3 Å². The third-order valence-corrected chi connectivity index (χ3v) is 6.55. The quantitative estimate of drug-likeness (QED) is 0.668. The number of hydrogen-bond acceptors (Lipinski definition) is 5. The van der Waals surface area contributed by atoms with Crippen molar-refractivity contribution in [1.29, 1.82) is 0 Å². The summed E-state index contributed by atoms with van der Waals surface area (Å²) >= 11 is 1.62. The molecule has 1 fully saturated rings. The molecule has 3 aromatic rings. The van der Waals surface area contributed by atoms with Crippen LogP contribution in [-0.4, -0.2) is 41.8 Å². The topological polar surface area (TPSA) is 65.5 Å². The predicted octanol–water partition coefficient (Wildman–Crippen LogP) is 4.05. The monoisotopic (exact) mass is 408 g/mol. The van der Waals surface area contributed by atoms with Crippen molar-refractivity contribution in [3.05, 3.63) is 53.5 Å². The molecule has 0 bridgehead atoms. The summed E-state index contributed by atoms with van der Waals surface area (Å²) < 4.78 is 1.12.